The first-order valence-electron chi connectivity index (χ1n) is 5.08. The molecule has 0 aliphatic carbocycles. The molecular formula is C10H16N4OS. The Hall–Kier alpha value is -1.43. The maximum absolute atomic E-state index is 11.6. The summed E-state index contributed by atoms with van der Waals surface area (Å²) in [6, 6.07) is 1.83. The highest BCUT2D eigenvalue weighted by molar-refractivity contribution is 7.80. The summed E-state index contributed by atoms with van der Waals surface area (Å²) in [5.74, 6) is -0.581. The molecule has 6 heteroatoms. The Morgan fingerprint density at radius 1 is 1.62 bits per heavy atom. The summed E-state index contributed by atoms with van der Waals surface area (Å²) < 4.78 is 1.76. The molecule has 1 aromatic heterocycles. The van der Waals surface area contributed by atoms with E-state index < -0.39 is 5.92 Å². The van der Waals surface area contributed by atoms with Crippen molar-refractivity contribution in [3.05, 3.63) is 18.5 Å². The Balaban J connectivity index is 2.42. The van der Waals surface area contributed by atoms with Crippen LogP contribution in [0.4, 0.5) is 0 Å². The molecule has 0 aliphatic heterocycles. The van der Waals surface area contributed by atoms with E-state index in [1.165, 1.54) is 0 Å². The monoisotopic (exact) mass is 240 g/mol. The minimum Gasteiger partial charge on any atom is -0.393 e. The van der Waals surface area contributed by atoms with Crippen LogP contribution in [0.25, 0.3) is 0 Å². The van der Waals surface area contributed by atoms with E-state index in [0.29, 0.717) is 6.54 Å². The van der Waals surface area contributed by atoms with Gasteiger partial charge >= 0.3 is 0 Å². The van der Waals surface area contributed by atoms with Gasteiger partial charge in [-0.2, -0.15) is 5.10 Å². The van der Waals surface area contributed by atoms with Gasteiger partial charge in [-0.1, -0.05) is 12.2 Å². The van der Waals surface area contributed by atoms with E-state index in [-0.39, 0.29) is 16.9 Å². The third kappa shape index (κ3) is 3.62. The average molecular weight is 240 g/mol. The van der Waals surface area contributed by atoms with Crippen LogP contribution in [0.5, 0.6) is 0 Å². The fraction of sp³-hybridized carbons (Fsp3) is 0.500. The normalized spacial score (nSPS) is 14.1. The molecule has 0 saturated heterocycles. The number of aromatic nitrogens is 2. The molecule has 3 N–H and O–H groups in total. The van der Waals surface area contributed by atoms with Crippen LogP contribution in [0.2, 0.25) is 0 Å². The fourth-order valence-electron chi connectivity index (χ4n) is 1.23. The van der Waals surface area contributed by atoms with Gasteiger partial charge in [-0.15, -0.1) is 0 Å². The molecule has 88 valence electrons. The lowest BCUT2D eigenvalue weighted by Crippen LogP contribution is -2.42. The van der Waals surface area contributed by atoms with Crippen LogP contribution in [-0.2, 0) is 11.3 Å². The van der Waals surface area contributed by atoms with E-state index in [0.717, 1.165) is 0 Å². The van der Waals surface area contributed by atoms with E-state index in [1.807, 2.05) is 19.2 Å². The second-order valence-corrected chi connectivity index (χ2v) is 4.23. The maximum atomic E-state index is 11.6. The molecule has 5 nitrogen and oxygen atoms in total. The third-order valence-corrected chi connectivity index (χ3v) is 2.58. The van der Waals surface area contributed by atoms with Gasteiger partial charge < -0.3 is 11.1 Å². The van der Waals surface area contributed by atoms with Gasteiger partial charge in [-0.3, -0.25) is 9.48 Å². The molecule has 0 bridgehead atoms. The number of nitrogens with zero attached hydrogens (tertiary/aromatic N) is 2. The predicted octanol–water partition coefficient (Wildman–Crippen LogP) is 0.310. The Bertz CT molecular complexity index is 363. The van der Waals surface area contributed by atoms with Gasteiger partial charge in [0, 0.05) is 18.4 Å². The number of hydrogen-bond acceptors (Lipinski definition) is 3. The Kier molecular flexibility index (Phi) is 4.42. The highest BCUT2D eigenvalue weighted by Crippen LogP contribution is 1.97. The van der Waals surface area contributed by atoms with Crippen molar-refractivity contribution in [1.82, 2.24) is 15.1 Å². The number of nitrogens with two attached hydrogens (primary N) is 1. The molecule has 1 rings (SSSR count). The van der Waals surface area contributed by atoms with Crippen LogP contribution in [0.3, 0.4) is 0 Å². The standard InChI is InChI=1S/C10H16N4OS/c1-7(6-14-5-3-4-12-14)13-10(15)8(2)9(11)16/h3-5,7-8H,6H2,1-2H3,(H2,11,16)(H,13,15). The minimum atomic E-state index is -0.435. The topological polar surface area (TPSA) is 72.9 Å². The molecule has 2 atom stereocenters. The van der Waals surface area contributed by atoms with Crippen molar-refractivity contribution >= 4 is 23.1 Å². The lowest BCUT2D eigenvalue weighted by atomic mass is 10.1. The predicted molar refractivity (Wildman–Crippen MR) is 65.8 cm³/mol. The van der Waals surface area contributed by atoms with Gasteiger partial charge in [0.15, 0.2) is 0 Å². The van der Waals surface area contributed by atoms with Crippen molar-refractivity contribution in [1.29, 1.82) is 0 Å². The lowest BCUT2D eigenvalue weighted by Gasteiger charge is -2.16. The molecule has 1 aromatic rings. The van der Waals surface area contributed by atoms with Crippen molar-refractivity contribution in [3.63, 3.8) is 0 Å². The summed E-state index contributed by atoms with van der Waals surface area (Å²) in [5.41, 5.74) is 5.40. The SMILES string of the molecule is CC(Cn1cccn1)NC(=O)C(C)C(N)=S. The highest BCUT2D eigenvalue weighted by atomic mass is 32.1. The van der Waals surface area contributed by atoms with Crippen LogP contribution < -0.4 is 11.1 Å². The van der Waals surface area contributed by atoms with Crippen molar-refractivity contribution in [2.24, 2.45) is 11.7 Å². The zero-order chi connectivity index (χ0) is 12.1. The van der Waals surface area contributed by atoms with Gasteiger partial charge in [0.05, 0.1) is 17.5 Å². The van der Waals surface area contributed by atoms with Crippen LogP contribution in [-0.4, -0.2) is 26.7 Å². The molecule has 0 fully saturated rings. The van der Waals surface area contributed by atoms with E-state index in [1.54, 1.807) is 17.8 Å². The molecule has 16 heavy (non-hydrogen) atoms. The minimum absolute atomic E-state index is 0.0100. The first-order valence-corrected chi connectivity index (χ1v) is 5.48. The zero-order valence-corrected chi connectivity index (χ0v) is 10.2. The molecule has 1 amide bonds. The van der Waals surface area contributed by atoms with E-state index in [4.69, 9.17) is 18.0 Å². The summed E-state index contributed by atoms with van der Waals surface area (Å²) in [5, 5.41) is 6.89. The fourth-order valence-corrected chi connectivity index (χ4v) is 1.34. The van der Waals surface area contributed by atoms with Crippen LogP contribution in [0, 0.1) is 5.92 Å². The summed E-state index contributed by atoms with van der Waals surface area (Å²) in [6.45, 7) is 4.23. The van der Waals surface area contributed by atoms with Crippen LogP contribution in [0.1, 0.15) is 13.8 Å². The van der Waals surface area contributed by atoms with Crippen LogP contribution >= 0.6 is 12.2 Å². The number of hydrogen-bond donors (Lipinski definition) is 2. The van der Waals surface area contributed by atoms with Gasteiger partial charge in [-0.25, -0.2) is 0 Å². The first-order chi connectivity index (χ1) is 7.50. The molecule has 1 heterocycles. The largest absolute Gasteiger partial charge is 0.393 e. The number of nitrogens with one attached hydrogen (secondary N) is 1. The molecule has 0 aromatic carbocycles. The third-order valence-electron chi connectivity index (χ3n) is 2.23. The molecule has 0 spiro atoms. The van der Waals surface area contributed by atoms with Gasteiger partial charge in [0.25, 0.3) is 0 Å². The average Bonchev–Trinajstić information content (AvgIpc) is 2.68. The summed E-state index contributed by atoms with van der Waals surface area (Å²) in [4.78, 5) is 11.8. The molecule has 0 saturated carbocycles. The van der Waals surface area contributed by atoms with Crippen molar-refractivity contribution < 1.29 is 4.79 Å². The molecule has 2 unspecified atom stereocenters. The number of carbonyl (C=O) groups excluding carboxylic acids is 1. The summed E-state index contributed by atoms with van der Waals surface area (Å²) in [7, 11) is 0. The zero-order valence-electron chi connectivity index (χ0n) is 9.38. The van der Waals surface area contributed by atoms with Crippen molar-refractivity contribution in [2.45, 2.75) is 26.4 Å². The lowest BCUT2D eigenvalue weighted by molar-refractivity contribution is -0.123. The second kappa shape index (κ2) is 5.60. The van der Waals surface area contributed by atoms with E-state index in [9.17, 15) is 4.79 Å². The molecular weight excluding hydrogens is 224 g/mol. The van der Waals surface area contributed by atoms with Crippen molar-refractivity contribution in [2.75, 3.05) is 0 Å². The quantitative estimate of drug-likeness (QED) is 0.727. The van der Waals surface area contributed by atoms with Crippen LogP contribution in [0.15, 0.2) is 18.5 Å². The maximum Gasteiger partial charge on any atom is 0.229 e. The first kappa shape index (κ1) is 12.6. The number of amides is 1. The summed E-state index contributed by atoms with van der Waals surface area (Å²) >= 11 is 4.76. The van der Waals surface area contributed by atoms with E-state index >= 15 is 0 Å². The Morgan fingerprint density at radius 2 is 2.31 bits per heavy atom. The summed E-state index contributed by atoms with van der Waals surface area (Å²) in [6.07, 6.45) is 3.55. The van der Waals surface area contributed by atoms with Gasteiger partial charge in [-0.05, 0) is 19.9 Å². The number of carbonyl (C=O) groups is 1. The molecule has 0 radical (unpaired) electrons. The van der Waals surface area contributed by atoms with Gasteiger partial charge in [0.1, 0.15) is 0 Å². The molecule has 0 aliphatic rings. The Labute approximate surface area is 100 Å². The second-order valence-electron chi connectivity index (χ2n) is 3.76. The van der Waals surface area contributed by atoms with Gasteiger partial charge in [0.2, 0.25) is 5.91 Å². The number of thiocarbonyl (C=S) groups is 1. The highest BCUT2D eigenvalue weighted by Gasteiger charge is 2.17. The number of rotatable bonds is 5. The Morgan fingerprint density at radius 3 is 2.81 bits per heavy atom. The smallest absolute Gasteiger partial charge is 0.229 e. The van der Waals surface area contributed by atoms with Crippen molar-refractivity contribution in [3.8, 4) is 0 Å². The van der Waals surface area contributed by atoms with E-state index in [2.05, 4.69) is 10.4 Å².